The highest BCUT2D eigenvalue weighted by molar-refractivity contribution is 7.07. The molecule has 2 fully saturated rings. The van der Waals surface area contributed by atoms with Gasteiger partial charge in [0.2, 0.25) is 5.91 Å². The molecule has 0 spiro atoms. The van der Waals surface area contributed by atoms with E-state index in [1.165, 1.54) is 0 Å². The quantitative estimate of drug-likeness (QED) is 0.900. The monoisotopic (exact) mass is 295 g/mol. The molecule has 1 aromatic rings. The number of ether oxygens (including phenoxy) is 1. The Morgan fingerprint density at radius 2 is 2.40 bits per heavy atom. The van der Waals surface area contributed by atoms with Crippen molar-refractivity contribution in [3.05, 3.63) is 22.4 Å². The van der Waals surface area contributed by atoms with Crippen molar-refractivity contribution in [1.29, 1.82) is 0 Å². The molecule has 5 nitrogen and oxygen atoms in total. The third-order valence-corrected chi connectivity index (χ3v) is 4.68. The summed E-state index contributed by atoms with van der Waals surface area (Å²) in [6.45, 7) is 5.17. The number of hydrogen-bond donors (Lipinski definition) is 1. The molecule has 1 amide bonds. The van der Waals surface area contributed by atoms with Gasteiger partial charge >= 0.3 is 0 Å². The maximum absolute atomic E-state index is 12.4. The van der Waals surface area contributed by atoms with Crippen LogP contribution in [0.15, 0.2) is 16.8 Å². The van der Waals surface area contributed by atoms with E-state index in [1.54, 1.807) is 11.3 Å². The minimum Gasteiger partial charge on any atom is -0.374 e. The second kappa shape index (κ2) is 5.81. The molecule has 3 heterocycles. The van der Waals surface area contributed by atoms with E-state index in [2.05, 4.69) is 28.7 Å². The fourth-order valence-electron chi connectivity index (χ4n) is 2.87. The summed E-state index contributed by atoms with van der Waals surface area (Å²) in [6.07, 6.45) is 0.0884. The van der Waals surface area contributed by atoms with Gasteiger partial charge in [0.25, 0.3) is 0 Å². The van der Waals surface area contributed by atoms with Crippen molar-refractivity contribution in [3.63, 3.8) is 0 Å². The Hall–Kier alpha value is -0.950. The van der Waals surface area contributed by atoms with Gasteiger partial charge in [-0.1, -0.05) is 0 Å². The normalized spacial score (nSPS) is 32.0. The molecule has 6 heteroatoms. The van der Waals surface area contributed by atoms with Crippen molar-refractivity contribution in [2.75, 3.05) is 33.3 Å². The van der Waals surface area contributed by atoms with Gasteiger partial charge < -0.3 is 14.5 Å². The van der Waals surface area contributed by atoms with Crippen LogP contribution in [-0.4, -0.2) is 61.1 Å². The first kappa shape index (κ1) is 14.0. The molecule has 1 N–H and O–H groups in total. The molecule has 0 saturated carbocycles. The molecule has 0 aliphatic carbocycles. The number of rotatable bonds is 3. The lowest BCUT2D eigenvalue weighted by molar-refractivity contribution is -0.133. The third kappa shape index (κ3) is 2.74. The number of amides is 1. The first-order valence-electron chi connectivity index (χ1n) is 7.04. The van der Waals surface area contributed by atoms with Gasteiger partial charge in [0, 0.05) is 13.1 Å². The molecule has 2 saturated heterocycles. The lowest BCUT2D eigenvalue weighted by Crippen LogP contribution is -2.47. The van der Waals surface area contributed by atoms with Crippen molar-refractivity contribution in [2.45, 2.75) is 25.2 Å². The van der Waals surface area contributed by atoms with Crippen LogP contribution in [-0.2, 0) is 9.53 Å². The highest BCUT2D eigenvalue weighted by atomic mass is 32.1. The van der Waals surface area contributed by atoms with Crippen molar-refractivity contribution < 1.29 is 9.53 Å². The van der Waals surface area contributed by atoms with Crippen LogP contribution in [0.3, 0.4) is 0 Å². The Kier molecular flexibility index (Phi) is 4.07. The average molecular weight is 295 g/mol. The molecule has 3 unspecified atom stereocenters. The van der Waals surface area contributed by atoms with E-state index in [0.29, 0.717) is 6.54 Å². The largest absolute Gasteiger partial charge is 0.374 e. The van der Waals surface area contributed by atoms with Crippen LogP contribution in [0.25, 0.3) is 0 Å². The Balaban J connectivity index is 1.73. The van der Waals surface area contributed by atoms with Crippen molar-refractivity contribution in [2.24, 2.45) is 0 Å². The van der Waals surface area contributed by atoms with E-state index in [9.17, 15) is 4.79 Å². The number of nitrogens with zero attached hydrogens (tertiary/aromatic N) is 2. The summed E-state index contributed by atoms with van der Waals surface area (Å²) < 4.78 is 5.80. The summed E-state index contributed by atoms with van der Waals surface area (Å²) in [5.74, 6) is 0.165. The maximum atomic E-state index is 12.4. The number of likely N-dealkylation sites (N-methyl/N-ethyl adjacent to an activating group) is 1. The van der Waals surface area contributed by atoms with E-state index in [4.69, 9.17) is 4.74 Å². The van der Waals surface area contributed by atoms with Crippen LogP contribution in [0.5, 0.6) is 0 Å². The molecule has 110 valence electrons. The predicted molar refractivity (Wildman–Crippen MR) is 78.6 cm³/mol. The fraction of sp³-hybridized carbons (Fsp3) is 0.643. The Bertz CT molecular complexity index is 465. The van der Waals surface area contributed by atoms with E-state index < -0.39 is 0 Å². The van der Waals surface area contributed by atoms with Crippen LogP contribution >= 0.6 is 11.3 Å². The molecule has 1 aromatic heterocycles. The number of hydrogen-bond acceptors (Lipinski definition) is 5. The lowest BCUT2D eigenvalue weighted by Gasteiger charge is -2.34. The molecule has 3 rings (SSSR count). The zero-order chi connectivity index (χ0) is 14.1. The first-order valence-corrected chi connectivity index (χ1v) is 7.98. The number of carbonyl (C=O) groups excluding carboxylic acids is 1. The summed E-state index contributed by atoms with van der Waals surface area (Å²) in [7, 11) is 2.10. The number of nitrogens with one attached hydrogen (secondary N) is 1. The summed E-state index contributed by atoms with van der Waals surface area (Å²) in [5.41, 5.74) is 1.16. The lowest BCUT2D eigenvalue weighted by atomic mass is 10.2. The summed E-state index contributed by atoms with van der Waals surface area (Å²) in [4.78, 5) is 16.5. The second-order valence-corrected chi connectivity index (χ2v) is 6.37. The summed E-state index contributed by atoms with van der Waals surface area (Å²) >= 11 is 1.66. The van der Waals surface area contributed by atoms with Crippen LogP contribution in [0, 0.1) is 0 Å². The predicted octanol–water partition coefficient (Wildman–Crippen LogP) is 0.898. The van der Waals surface area contributed by atoms with Gasteiger partial charge in [0.15, 0.2) is 0 Å². The van der Waals surface area contributed by atoms with Gasteiger partial charge in [-0.25, -0.2) is 0 Å². The molecular weight excluding hydrogens is 274 g/mol. The van der Waals surface area contributed by atoms with E-state index in [0.717, 1.165) is 25.3 Å². The molecule has 2 aliphatic heterocycles. The number of thiophene rings is 1. The Labute approximate surface area is 123 Å². The first-order chi connectivity index (χ1) is 9.65. The molecule has 3 atom stereocenters. The van der Waals surface area contributed by atoms with Gasteiger partial charge in [-0.15, -0.1) is 0 Å². The van der Waals surface area contributed by atoms with E-state index in [-0.39, 0.29) is 24.2 Å². The van der Waals surface area contributed by atoms with Gasteiger partial charge in [-0.3, -0.25) is 10.1 Å². The van der Waals surface area contributed by atoms with Crippen LogP contribution in [0.4, 0.5) is 0 Å². The number of morpholine rings is 1. The van der Waals surface area contributed by atoms with E-state index >= 15 is 0 Å². The summed E-state index contributed by atoms with van der Waals surface area (Å²) in [6, 6.07) is 1.95. The standard InChI is InChI=1S/C14H21N3O2S/c1-10-14(18)17(8-12-7-16(2)4-5-19-12)13(15-10)11-3-6-20-9-11/h3,6,9-10,12-13,15H,4-5,7-8H2,1-2H3. The highest BCUT2D eigenvalue weighted by Gasteiger charge is 2.38. The fourth-order valence-corrected chi connectivity index (χ4v) is 3.55. The zero-order valence-corrected chi connectivity index (χ0v) is 12.7. The highest BCUT2D eigenvalue weighted by Crippen LogP contribution is 2.27. The SMILES string of the molecule is CC1NC(c2ccsc2)N(CC2CN(C)CCO2)C1=O. The van der Waals surface area contributed by atoms with Gasteiger partial charge in [0.05, 0.1) is 25.3 Å². The van der Waals surface area contributed by atoms with Crippen LogP contribution < -0.4 is 5.32 Å². The molecule has 0 aromatic carbocycles. The van der Waals surface area contributed by atoms with E-state index in [1.807, 2.05) is 17.2 Å². The molecule has 0 radical (unpaired) electrons. The van der Waals surface area contributed by atoms with Gasteiger partial charge in [-0.05, 0) is 36.4 Å². The minimum absolute atomic E-state index is 0.0143. The second-order valence-electron chi connectivity index (χ2n) is 5.59. The molecule has 2 aliphatic rings. The van der Waals surface area contributed by atoms with Gasteiger partial charge in [-0.2, -0.15) is 11.3 Å². The van der Waals surface area contributed by atoms with Crippen LogP contribution in [0.2, 0.25) is 0 Å². The topological polar surface area (TPSA) is 44.8 Å². The molecule has 20 heavy (non-hydrogen) atoms. The number of carbonyl (C=O) groups is 1. The van der Waals surface area contributed by atoms with Crippen molar-refractivity contribution >= 4 is 17.2 Å². The summed E-state index contributed by atoms with van der Waals surface area (Å²) in [5, 5.41) is 7.52. The van der Waals surface area contributed by atoms with Crippen molar-refractivity contribution in [1.82, 2.24) is 15.1 Å². The molecule has 0 bridgehead atoms. The van der Waals surface area contributed by atoms with Gasteiger partial charge in [0.1, 0.15) is 6.17 Å². The van der Waals surface area contributed by atoms with Crippen LogP contribution in [0.1, 0.15) is 18.7 Å². The Morgan fingerprint density at radius 3 is 3.10 bits per heavy atom. The smallest absolute Gasteiger partial charge is 0.241 e. The maximum Gasteiger partial charge on any atom is 0.241 e. The average Bonchev–Trinajstić information content (AvgIpc) is 3.03. The minimum atomic E-state index is -0.124. The zero-order valence-electron chi connectivity index (χ0n) is 11.9. The van der Waals surface area contributed by atoms with Crippen molar-refractivity contribution in [3.8, 4) is 0 Å². The third-order valence-electron chi connectivity index (χ3n) is 3.97. The Morgan fingerprint density at radius 1 is 1.55 bits per heavy atom. The molecular formula is C14H21N3O2S.